The van der Waals surface area contributed by atoms with Crippen LogP contribution in [0.15, 0.2) is 29.2 Å². The van der Waals surface area contributed by atoms with Crippen molar-refractivity contribution in [1.29, 1.82) is 0 Å². The summed E-state index contributed by atoms with van der Waals surface area (Å²) in [5.41, 5.74) is -0.123. The molecule has 0 aromatic heterocycles. The first kappa shape index (κ1) is 14.0. The minimum Gasteiger partial charge on any atom is -0.258 e. The summed E-state index contributed by atoms with van der Waals surface area (Å²) in [6, 6.07) is 4.88. The Bertz CT molecular complexity index is 496. The van der Waals surface area contributed by atoms with Crippen molar-refractivity contribution >= 4 is 28.2 Å². The van der Waals surface area contributed by atoms with Crippen molar-refractivity contribution in [2.45, 2.75) is 23.5 Å². The summed E-state index contributed by atoms with van der Waals surface area (Å²) in [5, 5.41) is 10.2. The number of hydrogen-bond acceptors (Lipinski definition) is 5. The van der Waals surface area contributed by atoms with E-state index in [9.17, 15) is 18.5 Å². The standard InChI is InChI=1S/C10H13NO4S2/c1-2-9(16)7-17(14,15)10-5-3-8(4-6-10)11(12)13/h3-6,9,16H,2,7H2,1H3. The molecule has 17 heavy (non-hydrogen) atoms. The van der Waals surface area contributed by atoms with Crippen molar-refractivity contribution in [2.75, 3.05) is 5.75 Å². The van der Waals surface area contributed by atoms with Crippen molar-refractivity contribution < 1.29 is 13.3 Å². The Balaban J connectivity index is 2.96. The van der Waals surface area contributed by atoms with E-state index in [2.05, 4.69) is 12.6 Å². The maximum atomic E-state index is 11.9. The van der Waals surface area contributed by atoms with Gasteiger partial charge in [-0.15, -0.1) is 0 Å². The van der Waals surface area contributed by atoms with E-state index < -0.39 is 14.8 Å². The molecule has 94 valence electrons. The summed E-state index contributed by atoms with van der Waals surface area (Å²) in [7, 11) is -3.41. The van der Waals surface area contributed by atoms with Gasteiger partial charge in [0.15, 0.2) is 9.84 Å². The lowest BCUT2D eigenvalue weighted by atomic mass is 10.3. The van der Waals surface area contributed by atoms with Gasteiger partial charge in [0.1, 0.15) is 0 Å². The van der Waals surface area contributed by atoms with E-state index in [0.717, 1.165) is 0 Å². The van der Waals surface area contributed by atoms with Crippen molar-refractivity contribution in [2.24, 2.45) is 0 Å². The molecule has 0 bridgehead atoms. The molecule has 0 N–H and O–H groups in total. The first-order chi connectivity index (χ1) is 7.86. The number of nitrogens with zero attached hydrogens (tertiary/aromatic N) is 1. The van der Waals surface area contributed by atoms with Crippen LogP contribution in [0.2, 0.25) is 0 Å². The van der Waals surface area contributed by atoms with Gasteiger partial charge >= 0.3 is 0 Å². The minimum atomic E-state index is -3.41. The number of thiol groups is 1. The topological polar surface area (TPSA) is 77.3 Å². The number of nitro benzene ring substituents is 1. The third-order valence-electron chi connectivity index (χ3n) is 2.29. The van der Waals surface area contributed by atoms with E-state index in [4.69, 9.17) is 0 Å². The number of benzene rings is 1. The highest BCUT2D eigenvalue weighted by molar-refractivity contribution is 7.92. The predicted molar refractivity (Wildman–Crippen MR) is 68.2 cm³/mol. The molecule has 0 heterocycles. The summed E-state index contributed by atoms with van der Waals surface area (Å²) in [5.74, 6) is -0.0651. The highest BCUT2D eigenvalue weighted by Crippen LogP contribution is 2.19. The first-order valence-corrected chi connectivity index (χ1v) is 7.19. The van der Waals surface area contributed by atoms with Gasteiger partial charge in [0, 0.05) is 17.4 Å². The molecule has 1 rings (SSSR count). The normalized spacial score (nSPS) is 13.3. The fourth-order valence-electron chi connectivity index (χ4n) is 1.24. The van der Waals surface area contributed by atoms with E-state index in [1.165, 1.54) is 24.3 Å². The second kappa shape index (κ2) is 5.50. The average Bonchev–Trinajstić information content (AvgIpc) is 2.28. The molecular weight excluding hydrogens is 262 g/mol. The fraction of sp³-hybridized carbons (Fsp3) is 0.400. The lowest BCUT2D eigenvalue weighted by molar-refractivity contribution is -0.384. The van der Waals surface area contributed by atoms with Gasteiger partial charge in [0.2, 0.25) is 0 Å². The van der Waals surface area contributed by atoms with E-state index in [1.54, 1.807) is 0 Å². The van der Waals surface area contributed by atoms with Gasteiger partial charge in [-0.1, -0.05) is 6.92 Å². The van der Waals surface area contributed by atoms with E-state index >= 15 is 0 Å². The zero-order valence-electron chi connectivity index (χ0n) is 9.24. The molecule has 0 amide bonds. The van der Waals surface area contributed by atoms with Crippen LogP contribution in [-0.2, 0) is 9.84 Å². The van der Waals surface area contributed by atoms with Crippen LogP contribution in [0.25, 0.3) is 0 Å². The van der Waals surface area contributed by atoms with Gasteiger partial charge in [-0.2, -0.15) is 12.6 Å². The van der Waals surface area contributed by atoms with Crippen LogP contribution < -0.4 is 0 Å². The zero-order valence-corrected chi connectivity index (χ0v) is 10.9. The number of rotatable bonds is 5. The van der Waals surface area contributed by atoms with Crippen molar-refractivity contribution in [1.82, 2.24) is 0 Å². The van der Waals surface area contributed by atoms with Crippen molar-refractivity contribution in [3.8, 4) is 0 Å². The van der Waals surface area contributed by atoms with Gasteiger partial charge < -0.3 is 0 Å². The third kappa shape index (κ3) is 3.71. The Morgan fingerprint density at radius 3 is 2.29 bits per heavy atom. The molecule has 0 aliphatic carbocycles. The molecule has 0 saturated carbocycles. The SMILES string of the molecule is CCC(S)CS(=O)(=O)c1ccc([N+](=O)[O-])cc1. The maximum absolute atomic E-state index is 11.9. The van der Waals surface area contributed by atoms with Gasteiger partial charge in [0.05, 0.1) is 15.6 Å². The molecule has 1 unspecified atom stereocenters. The molecule has 1 aromatic carbocycles. The van der Waals surface area contributed by atoms with Crippen LogP contribution in [0.4, 0.5) is 5.69 Å². The number of hydrogen-bond donors (Lipinski definition) is 1. The summed E-state index contributed by atoms with van der Waals surface area (Å²) in [4.78, 5) is 9.96. The van der Waals surface area contributed by atoms with Crippen LogP contribution in [0.5, 0.6) is 0 Å². The van der Waals surface area contributed by atoms with Gasteiger partial charge in [0.25, 0.3) is 5.69 Å². The van der Waals surface area contributed by atoms with Gasteiger partial charge in [-0.3, -0.25) is 10.1 Å². The molecule has 5 nitrogen and oxygen atoms in total. The number of non-ortho nitro benzene ring substituents is 1. The second-order valence-corrected chi connectivity index (χ2v) is 6.36. The molecule has 0 fully saturated rings. The maximum Gasteiger partial charge on any atom is 0.269 e. The number of nitro groups is 1. The molecule has 7 heteroatoms. The van der Waals surface area contributed by atoms with Crippen LogP contribution in [0.1, 0.15) is 13.3 Å². The molecule has 1 aromatic rings. The summed E-state index contributed by atoms with van der Waals surface area (Å²) in [6.07, 6.45) is 0.648. The molecule has 0 aliphatic heterocycles. The first-order valence-electron chi connectivity index (χ1n) is 5.02. The quantitative estimate of drug-likeness (QED) is 0.507. The van der Waals surface area contributed by atoms with Crippen molar-refractivity contribution in [3.05, 3.63) is 34.4 Å². The molecule has 0 radical (unpaired) electrons. The summed E-state index contributed by atoms with van der Waals surface area (Å²) in [6.45, 7) is 1.85. The largest absolute Gasteiger partial charge is 0.269 e. The smallest absolute Gasteiger partial charge is 0.258 e. The molecule has 1 atom stereocenters. The average molecular weight is 275 g/mol. The lowest BCUT2D eigenvalue weighted by Gasteiger charge is -2.08. The van der Waals surface area contributed by atoms with E-state index in [0.29, 0.717) is 6.42 Å². The summed E-state index contributed by atoms with van der Waals surface area (Å²) < 4.78 is 23.7. The monoisotopic (exact) mass is 275 g/mol. The van der Waals surface area contributed by atoms with Crippen molar-refractivity contribution in [3.63, 3.8) is 0 Å². The molecule has 0 saturated heterocycles. The Morgan fingerprint density at radius 1 is 1.35 bits per heavy atom. The Morgan fingerprint density at radius 2 is 1.88 bits per heavy atom. The Labute approximate surface area is 105 Å². The molecule has 0 spiro atoms. The fourth-order valence-corrected chi connectivity index (χ4v) is 3.32. The molecular formula is C10H13NO4S2. The van der Waals surface area contributed by atoms with E-state index in [1.807, 2.05) is 6.92 Å². The number of sulfone groups is 1. The van der Waals surface area contributed by atoms with Crippen LogP contribution in [0.3, 0.4) is 0 Å². The van der Waals surface area contributed by atoms with Crippen LogP contribution in [-0.4, -0.2) is 24.3 Å². The zero-order chi connectivity index (χ0) is 13.1. The van der Waals surface area contributed by atoms with E-state index in [-0.39, 0.29) is 21.6 Å². The highest BCUT2D eigenvalue weighted by Gasteiger charge is 2.19. The second-order valence-electron chi connectivity index (χ2n) is 3.59. The lowest BCUT2D eigenvalue weighted by Crippen LogP contribution is -2.15. The predicted octanol–water partition coefficient (Wildman–Crippen LogP) is 2.08. The minimum absolute atomic E-state index is 0.0651. The van der Waals surface area contributed by atoms with Crippen LogP contribution >= 0.6 is 12.6 Å². The van der Waals surface area contributed by atoms with Crippen LogP contribution in [0, 0.1) is 10.1 Å². The van der Waals surface area contributed by atoms with Gasteiger partial charge in [-0.25, -0.2) is 8.42 Å². The Hall–Kier alpha value is -1.08. The summed E-state index contributed by atoms with van der Waals surface area (Å²) >= 11 is 4.14. The van der Waals surface area contributed by atoms with Gasteiger partial charge in [-0.05, 0) is 18.6 Å². The highest BCUT2D eigenvalue weighted by atomic mass is 32.2. The third-order valence-corrected chi connectivity index (χ3v) is 4.92. The Kier molecular flexibility index (Phi) is 4.53. The molecule has 0 aliphatic rings.